The zero-order chi connectivity index (χ0) is 20.1. The molecule has 3 aromatic rings. The molecular formula is C21H20ClN3O3. The fraction of sp³-hybridized carbons (Fsp3) is 0.190. The Balaban J connectivity index is 1.64. The highest BCUT2D eigenvalue weighted by Crippen LogP contribution is 2.24. The van der Waals surface area contributed by atoms with Gasteiger partial charge in [0.15, 0.2) is 6.61 Å². The Morgan fingerprint density at radius 3 is 2.36 bits per heavy atom. The van der Waals surface area contributed by atoms with Gasteiger partial charge in [0, 0.05) is 0 Å². The molecule has 0 radical (unpaired) electrons. The van der Waals surface area contributed by atoms with E-state index in [4.69, 9.17) is 16.3 Å². The van der Waals surface area contributed by atoms with Crippen LogP contribution in [0.5, 0.6) is 0 Å². The van der Waals surface area contributed by atoms with E-state index in [1.54, 1.807) is 6.92 Å². The van der Waals surface area contributed by atoms with Crippen LogP contribution in [0.2, 0.25) is 5.15 Å². The topological polar surface area (TPSA) is 73.2 Å². The summed E-state index contributed by atoms with van der Waals surface area (Å²) in [4.78, 5) is 24.6. The number of hydrogen-bond acceptors (Lipinski definition) is 4. The van der Waals surface area contributed by atoms with Crippen LogP contribution in [0.1, 0.15) is 34.6 Å². The predicted molar refractivity (Wildman–Crippen MR) is 107 cm³/mol. The Hall–Kier alpha value is -3.12. The van der Waals surface area contributed by atoms with E-state index < -0.39 is 18.5 Å². The lowest BCUT2D eigenvalue weighted by Gasteiger charge is -2.14. The maximum atomic E-state index is 12.5. The standard InChI is InChI=1S/C21H20ClN3O3/c1-14(16-9-5-3-6-10-16)23-18(26)13-28-21(27)19-15(2)24-25(20(19)22)17-11-7-4-8-12-17/h3-12,14H,13H2,1-2H3,(H,23,26)/t14-/m0/s1. The van der Waals surface area contributed by atoms with Gasteiger partial charge in [-0.3, -0.25) is 4.79 Å². The van der Waals surface area contributed by atoms with Crippen molar-refractivity contribution in [2.45, 2.75) is 19.9 Å². The number of rotatable bonds is 6. The first-order chi connectivity index (χ1) is 13.5. The van der Waals surface area contributed by atoms with Gasteiger partial charge in [-0.2, -0.15) is 5.10 Å². The van der Waals surface area contributed by atoms with Crippen molar-refractivity contribution in [2.75, 3.05) is 6.61 Å². The molecule has 1 amide bonds. The molecule has 0 aliphatic carbocycles. The molecule has 6 nitrogen and oxygen atoms in total. The summed E-state index contributed by atoms with van der Waals surface area (Å²) in [6, 6.07) is 18.5. The van der Waals surface area contributed by atoms with Gasteiger partial charge in [-0.15, -0.1) is 0 Å². The van der Waals surface area contributed by atoms with Gasteiger partial charge in [0.25, 0.3) is 5.91 Å². The van der Waals surface area contributed by atoms with Gasteiger partial charge < -0.3 is 10.1 Å². The highest BCUT2D eigenvalue weighted by molar-refractivity contribution is 6.33. The smallest absolute Gasteiger partial charge is 0.343 e. The van der Waals surface area contributed by atoms with Crippen LogP contribution in [0, 0.1) is 6.92 Å². The van der Waals surface area contributed by atoms with Crippen LogP contribution in [-0.4, -0.2) is 28.3 Å². The molecule has 0 unspecified atom stereocenters. The normalized spacial score (nSPS) is 11.7. The number of nitrogens with one attached hydrogen (secondary N) is 1. The molecule has 0 fully saturated rings. The zero-order valence-corrected chi connectivity index (χ0v) is 16.3. The number of aromatic nitrogens is 2. The molecular weight excluding hydrogens is 378 g/mol. The number of hydrogen-bond donors (Lipinski definition) is 1. The van der Waals surface area contributed by atoms with E-state index in [-0.39, 0.29) is 16.8 Å². The number of ether oxygens (including phenoxy) is 1. The molecule has 1 aromatic heterocycles. The molecule has 3 rings (SSSR count). The highest BCUT2D eigenvalue weighted by atomic mass is 35.5. The van der Waals surface area contributed by atoms with Gasteiger partial charge >= 0.3 is 5.97 Å². The summed E-state index contributed by atoms with van der Waals surface area (Å²) in [6.45, 7) is 3.13. The highest BCUT2D eigenvalue weighted by Gasteiger charge is 2.23. The van der Waals surface area contributed by atoms with E-state index >= 15 is 0 Å². The Bertz CT molecular complexity index is 971. The minimum atomic E-state index is -0.688. The summed E-state index contributed by atoms with van der Waals surface area (Å²) < 4.78 is 6.61. The second kappa shape index (κ2) is 8.71. The number of benzene rings is 2. The fourth-order valence-electron chi connectivity index (χ4n) is 2.78. The number of amides is 1. The molecule has 2 aromatic carbocycles. The van der Waals surface area contributed by atoms with Crippen molar-refractivity contribution < 1.29 is 14.3 Å². The van der Waals surface area contributed by atoms with Crippen molar-refractivity contribution in [3.63, 3.8) is 0 Å². The summed E-state index contributed by atoms with van der Waals surface area (Å²) in [5, 5.41) is 7.24. The number of carbonyl (C=O) groups excluding carboxylic acids is 2. The first kappa shape index (κ1) is 19.6. The number of para-hydroxylation sites is 1. The minimum absolute atomic E-state index is 0.145. The monoisotopic (exact) mass is 397 g/mol. The van der Waals surface area contributed by atoms with Gasteiger partial charge in [-0.05, 0) is 31.5 Å². The van der Waals surface area contributed by atoms with Gasteiger partial charge in [0.1, 0.15) is 10.7 Å². The zero-order valence-electron chi connectivity index (χ0n) is 15.6. The quantitative estimate of drug-likeness (QED) is 0.641. The van der Waals surface area contributed by atoms with Gasteiger partial charge in [-0.25, -0.2) is 9.48 Å². The summed E-state index contributed by atoms with van der Waals surface area (Å²) in [5.41, 5.74) is 2.26. The summed E-state index contributed by atoms with van der Waals surface area (Å²) in [6.07, 6.45) is 0. The van der Waals surface area contributed by atoms with E-state index in [2.05, 4.69) is 10.4 Å². The van der Waals surface area contributed by atoms with Gasteiger partial charge in [0.05, 0.1) is 17.4 Å². The van der Waals surface area contributed by atoms with E-state index in [9.17, 15) is 9.59 Å². The lowest BCUT2D eigenvalue weighted by atomic mass is 10.1. The maximum Gasteiger partial charge on any atom is 0.343 e. The molecule has 0 saturated heterocycles. The molecule has 0 spiro atoms. The molecule has 1 heterocycles. The maximum absolute atomic E-state index is 12.5. The Morgan fingerprint density at radius 2 is 1.71 bits per heavy atom. The van der Waals surface area contributed by atoms with Crippen molar-refractivity contribution >= 4 is 23.5 Å². The number of esters is 1. The van der Waals surface area contributed by atoms with Crippen molar-refractivity contribution in [1.29, 1.82) is 0 Å². The van der Waals surface area contributed by atoms with Crippen LogP contribution in [0.15, 0.2) is 60.7 Å². The van der Waals surface area contributed by atoms with Crippen LogP contribution in [0.3, 0.4) is 0 Å². The molecule has 0 aliphatic rings. The minimum Gasteiger partial charge on any atom is -0.452 e. The first-order valence-corrected chi connectivity index (χ1v) is 9.17. The number of halogens is 1. The molecule has 7 heteroatoms. The second-order valence-electron chi connectivity index (χ2n) is 6.27. The van der Waals surface area contributed by atoms with Crippen LogP contribution >= 0.6 is 11.6 Å². The van der Waals surface area contributed by atoms with E-state index in [0.717, 1.165) is 11.3 Å². The van der Waals surface area contributed by atoms with Crippen molar-refractivity contribution in [1.82, 2.24) is 15.1 Å². The number of carbonyl (C=O) groups is 2. The van der Waals surface area contributed by atoms with E-state index in [1.807, 2.05) is 67.6 Å². The van der Waals surface area contributed by atoms with Crippen LogP contribution in [0.4, 0.5) is 0 Å². The molecule has 0 bridgehead atoms. The third-order valence-corrected chi connectivity index (χ3v) is 4.57. The van der Waals surface area contributed by atoms with Crippen molar-refractivity contribution in [3.8, 4) is 5.69 Å². The molecule has 0 saturated carbocycles. The Kier molecular flexibility index (Phi) is 6.11. The number of aryl methyl sites for hydroxylation is 1. The van der Waals surface area contributed by atoms with E-state index in [0.29, 0.717) is 5.69 Å². The second-order valence-corrected chi connectivity index (χ2v) is 6.63. The summed E-state index contributed by atoms with van der Waals surface area (Å²) in [5.74, 6) is -1.08. The molecule has 144 valence electrons. The van der Waals surface area contributed by atoms with Crippen molar-refractivity contribution in [3.05, 3.63) is 82.6 Å². The SMILES string of the molecule is Cc1nn(-c2ccccc2)c(Cl)c1C(=O)OCC(=O)N[C@@H](C)c1ccccc1. The average molecular weight is 398 g/mol. The summed E-state index contributed by atoms with van der Waals surface area (Å²) >= 11 is 6.34. The van der Waals surface area contributed by atoms with Gasteiger partial charge in [-0.1, -0.05) is 60.1 Å². The molecule has 1 atom stereocenters. The van der Waals surface area contributed by atoms with Crippen LogP contribution in [-0.2, 0) is 9.53 Å². The first-order valence-electron chi connectivity index (χ1n) is 8.79. The lowest BCUT2D eigenvalue weighted by Crippen LogP contribution is -2.31. The molecule has 28 heavy (non-hydrogen) atoms. The largest absolute Gasteiger partial charge is 0.452 e. The lowest BCUT2D eigenvalue weighted by molar-refractivity contribution is -0.124. The Morgan fingerprint density at radius 1 is 1.11 bits per heavy atom. The third kappa shape index (κ3) is 4.40. The fourth-order valence-corrected chi connectivity index (χ4v) is 3.13. The Labute approximate surface area is 168 Å². The van der Waals surface area contributed by atoms with Crippen LogP contribution in [0.25, 0.3) is 5.69 Å². The van der Waals surface area contributed by atoms with Crippen molar-refractivity contribution in [2.24, 2.45) is 0 Å². The van der Waals surface area contributed by atoms with E-state index in [1.165, 1.54) is 4.68 Å². The molecule has 0 aliphatic heterocycles. The molecule has 1 N–H and O–H groups in total. The predicted octanol–water partition coefficient (Wildman–Crippen LogP) is 3.87. The van der Waals surface area contributed by atoms with Crippen LogP contribution < -0.4 is 5.32 Å². The average Bonchev–Trinajstić information content (AvgIpc) is 3.01. The third-order valence-electron chi connectivity index (χ3n) is 4.22. The number of nitrogens with zero attached hydrogens (tertiary/aromatic N) is 2. The summed E-state index contributed by atoms with van der Waals surface area (Å²) in [7, 11) is 0. The van der Waals surface area contributed by atoms with Gasteiger partial charge in [0.2, 0.25) is 0 Å².